The summed E-state index contributed by atoms with van der Waals surface area (Å²) in [5.74, 6) is -1.42. The molecule has 0 radical (unpaired) electrons. The summed E-state index contributed by atoms with van der Waals surface area (Å²) in [6.07, 6.45) is 0. The zero-order valence-electron chi connectivity index (χ0n) is 12.8. The largest absolute Gasteiger partial charge is 0.484 e. The molecule has 0 saturated heterocycles. The predicted octanol–water partition coefficient (Wildman–Crippen LogP) is 2.83. The Kier molecular flexibility index (Phi) is 6.23. The molecular weight excluding hydrogens is 394 g/mol. The monoisotopic (exact) mass is 406 g/mol. The molecule has 6 nitrogen and oxygen atoms in total. The van der Waals surface area contributed by atoms with Gasteiger partial charge in [0.1, 0.15) is 16.5 Å². The van der Waals surface area contributed by atoms with Crippen molar-refractivity contribution < 1.29 is 22.3 Å². The molecule has 0 heterocycles. The van der Waals surface area contributed by atoms with Crippen molar-refractivity contribution in [1.29, 1.82) is 0 Å². The van der Waals surface area contributed by atoms with Gasteiger partial charge in [-0.2, -0.15) is 0 Å². The Labute approximate surface area is 153 Å². The molecule has 2 rings (SSSR count). The number of hydrogen-bond donors (Lipinski definition) is 2. The molecule has 134 valence electrons. The van der Waals surface area contributed by atoms with Crippen LogP contribution in [0.4, 0.5) is 4.39 Å². The summed E-state index contributed by atoms with van der Waals surface area (Å²) < 4.78 is 42.8. The van der Waals surface area contributed by atoms with Crippen LogP contribution in [0.15, 0.2) is 41.3 Å². The predicted molar refractivity (Wildman–Crippen MR) is 91.6 cm³/mol. The van der Waals surface area contributed by atoms with Gasteiger partial charge in [0, 0.05) is 10.0 Å². The number of aryl methyl sites for hydroxylation is 1. The molecule has 0 bridgehead atoms. The molecule has 2 N–H and O–H groups in total. The third-order valence-corrected chi connectivity index (χ3v) is 4.95. The number of amides is 1. The number of sulfonamides is 1. The summed E-state index contributed by atoms with van der Waals surface area (Å²) in [5.41, 5.74) is 2.69. The summed E-state index contributed by atoms with van der Waals surface area (Å²) >= 11 is 11.4. The van der Waals surface area contributed by atoms with Crippen LogP contribution in [0, 0.1) is 12.7 Å². The Hall–Kier alpha value is -1.87. The van der Waals surface area contributed by atoms with Crippen LogP contribution in [-0.2, 0) is 14.8 Å². The van der Waals surface area contributed by atoms with Gasteiger partial charge in [-0.05, 0) is 48.9 Å². The number of hydrogen-bond acceptors (Lipinski definition) is 4. The first-order valence-electron chi connectivity index (χ1n) is 6.84. The Morgan fingerprint density at radius 1 is 1.20 bits per heavy atom. The molecule has 0 aromatic heterocycles. The van der Waals surface area contributed by atoms with E-state index in [-0.39, 0.29) is 5.02 Å². The standard InChI is InChI=1S/C15H13Cl2FN2O4S/c1-9-6-11(3-4-12(9)17)24-8-15(21)19-20-25(22,23)14-5-2-10(16)7-13(14)18/h2-7,20H,8H2,1H3,(H,19,21). The molecule has 25 heavy (non-hydrogen) atoms. The molecule has 0 aliphatic heterocycles. The summed E-state index contributed by atoms with van der Waals surface area (Å²) in [6.45, 7) is 1.32. The third kappa shape index (κ3) is 5.30. The summed E-state index contributed by atoms with van der Waals surface area (Å²) in [4.78, 5) is 12.8. The first-order valence-corrected chi connectivity index (χ1v) is 9.07. The lowest BCUT2D eigenvalue weighted by atomic mass is 10.2. The topological polar surface area (TPSA) is 84.5 Å². The summed E-state index contributed by atoms with van der Waals surface area (Å²) in [5, 5.41) is 0.599. The first-order chi connectivity index (χ1) is 11.7. The molecular formula is C15H13Cl2FN2O4S. The Balaban J connectivity index is 1.93. The van der Waals surface area contributed by atoms with Gasteiger partial charge in [-0.15, -0.1) is 4.83 Å². The highest BCUT2D eigenvalue weighted by molar-refractivity contribution is 7.89. The number of rotatable bonds is 6. The molecule has 0 aliphatic carbocycles. The number of ether oxygens (including phenoxy) is 1. The zero-order chi connectivity index (χ0) is 18.6. The SMILES string of the molecule is Cc1cc(OCC(=O)NNS(=O)(=O)c2ccc(Cl)cc2F)ccc1Cl. The van der Waals surface area contributed by atoms with Crippen LogP contribution in [0.2, 0.25) is 10.0 Å². The Morgan fingerprint density at radius 2 is 1.92 bits per heavy atom. The second-order valence-electron chi connectivity index (χ2n) is 4.93. The smallest absolute Gasteiger partial charge is 0.272 e. The number of hydrazine groups is 1. The molecule has 1 amide bonds. The minimum atomic E-state index is -4.29. The van der Waals surface area contributed by atoms with Crippen LogP contribution in [-0.4, -0.2) is 20.9 Å². The second-order valence-corrected chi connectivity index (χ2v) is 7.42. The number of nitrogens with one attached hydrogen (secondary N) is 2. The van der Waals surface area contributed by atoms with Crippen molar-refractivity contribution in [3.63, 3.8) is 0 Å². The van der Waals surface area contributed by atoms with Gasteiger partial charge >= 0.3 is 0 Å². The maximum atomic E-state index is 13.7. The van der Waals surface area contributed by atoms with E-state index in [1.165, 1.54) is 6.07 Å². The van der Waals surface area contributed by atoms with E-state index < -0.39 is 33.3 Å². The van der Waals surface area contributed by atoms with Crippen molar-refractivity contribution in [2.45, 2.75) is 11.8 Å². The summed E-state index contributed by atoms with van der Waals surface area (Å²) in [7, 11) is -4.29. The van der Waals surface area contributed by atoms with Gasteiger partial charge in [-0.25, -0.2) is 12.8 Å². The van der Waals surface area contributed by atoms with Crippen LogP contribution in [0.5, 0.6) is 5.75 Å². The average molecular weight is 407 g/mol. The van der Waals surface area contributed by atoms with Gasteiger partial charge in [0.05, 0.1) is 0 Å². The van der Waals surface area contributed by atoms with Crippen LogP contribution in [0.3, 0.4) is 0 Å². The molecule has 0 spiro atoms. The lowest BCUT2D eigenvalue weighted by Gasteiger charge is -2.10. The maximum absolute atomic E-state index is 13.7. The van der Waals surface area contributed by atoms with E-state index in [1.54, 1.807) is 30.0 Å². The minimum Gasteiger partial charge on any atom is -0.484 e. The number of carbonyl (C=O) groups is 1. The van der Waals surface area contributed by atoms with Gasteiger partial charge in [0.15, 0.2) is 6.61 Å². The van der Waals surface area contributed by atoms with Gasteiger partial charge in [-0.3, -0.25) is 10.2 Å². The average Bonchev–Trinajstić information content (AvgIpc) is 2.54. The molecule has 0 saturated carbocycles. The van der Waals surface area contributed by atoms with Crippen molar-refractivity contribution in [3.05, 3.63) is 57.8 Å². The van der Waals surface area contributed by atoms with Crippen LogP contribution < -0.4 is 15.0 Å². The fourth-order valence-electron chi connectivity index (χ4n) is 1.76. The second kappa shape index (κ2) is 8.01. The van der Waals surface area contributed by atoms with Crippen molar-refractivity contribution in [3.8, 4) is 5.75 Å². The van der Waals surface area contributed by atoms with Crippen LogP contribution >= 0.6 is 23.2 Å². The lowest BCUT2D eigenvalue weighted by Crippen LogP contribution is -2.43. The molecule has 0 atom stereocenters. The van der Waals surface area contributed by atoms with Crippen molar-refractivity contribution in [2.75, 3.05) is 6.61 Å². The number of halogens is 3. The van der Waals surface area contributed by atoms with E-state index >= 15 is 0 Å². The fourth-order valence-corrected chi connectivity index (χ4v) is 2.96. The minimum absolute atomic E-state index is 0.0483. The van der Waals surface area contributed by atoms with Gasteiger partial charge in [0.2, 0.25) is 0 Å². The van der Waals surface area contributed by atoms with E-state index in [1.807, 2.05) is 5.43 Å². The molecule has 2 aromatic carbocycles. The maximum Gasteiger partial charge on any atom is 0.272 e. The molecule has 0 unspecified atom stereocenters. The highest BCUT2D eigenvalue weighted by atomic mass is 35.5. The normalized spacial score (nSPS) is 11.2. The zero-order valence-corrected chi connectivity index (χ0v) is 15.2. The fraction of sp³-hybridized carbons (Fsp3) is 0.133. The first kappa shape index (κ1) is 19.5. The van der Waals surface area contributed by atoms with Crippen LogP contribution in [0.25, 0.3) is 0 Å². The summed E-state index contributed by atoms with van der Waals surface area (Å²) in [6, 6.07) is 7.85. The molecule has 0 aliphatic rings. The van der Waals surface area contributed by atoms with Gasteiger partial charge < -0.3 is 4.74 Å². The van der Waals surface area contributed by atoms with E-state index in [0.717, 1.165) is 17.7 Å². The quantitative estimate of drug-likeness (QED) is 0.722. The number of carbonyl (C=O) groups excluding carboxylic acids is 1. The Bertz CT molecular complexity index is 906. The Morgan fingerprint density at radius 3 is 2.56 bits per heavy atom. The van der Waals surface area contributed by atoms with E-state index in [9.17, 15) is 17.6 Å². The van der Waals surface area contributed by atoms with Gasteiger partial charge in [-0.1, -0.05) is 23.2 Å². The van der Waals surface area contributed by atoms with E-state index in [4.69, 9.17) is 27.9 Å². The van der Waals surface area contributed by atoms with Crippen LogP contribution in [0.1, 0.15) is 5.56 Å². The molecule has 0 fully saturated rings. The van der Waals surface area contributed by atoms with Crippen molar-refractivity contribution >= 4 is 39.1 Å². The highest BCUT2D eigenvalue weighted by Gasteiger charge is 2.20. The van der Waals surface area contributed by atoms with E-state index in [2.05, 4.69) is 0 Å². The van der Waals surface area contributed by atoms with Gasteiger partial charge in [0.25, 0.3) is 15.9 Å². The van der Waals surface area contributed by atoms with E-state index in [0.29, 0.717) is 10.8 Å². The van der Waals surface area contributed by atoms with Crippen molar-refractivity contribution in [2.24, 2.45) is 0 Å². The molecule has 10 heteroatoms. The molecule has 2 aromatic rings. The van der Waals surface area contributed by atoms with Crippen molar-refractivity contribution in [1.82, 2.24) is 10.3 Å². The highest BCUT2D eigenvalue weighted by Crippen LogP contribution is 2.21. The lowest BCUT2D eigenvalue weighted by molar-refractivity contribution is -0.123. The third-order valence-electron chi connectivity index (χ3n) is 3.01. The number of benzene rings is 2.